The third-order valence-electron chi connectivity index (χ3n) is 6.73. The molecule has 0 saturated heterocycles. The maximum Gasteiger partial charge on any atom is 0.257 e. The molecule has 2 aromatic carbocycles. The second kappa shape index (κ2) is 12.2. The summed E-state index contributed by atoms with van der Waals surface area (Å²) in [4.78, 5) is 41.0. The average Bonchev–Trinajstić information content (AvgIpc) is 3.26. The molecule has 8 nitrogen and oxygen atoms in total. The fourth-order valence-corrected chi connectivity index (χ4v) is 4.49. The van der Waals surface area contributed by atoms with Crippen molar-refractivity contribution in [2.75, 3.05) is 5.32 Å². The molecule has 200 valence electrons. The van der Waals surface area contributed by atoms with Crippen LogP contribution in [0, 0.1) is 6.92 Å². The van der Waals surface area contributed by atoms with Crippen LogP contribution in [0.5, 0.6) is 0 Å². The van der Waals surface area contributed by atoms with Crippen molar-refractivity contribution < 1.29 is 9.59 Å². The van der Waals surface area contributed by atoms with Gasteiger partial charge in [0.25, 0.3) is 11.5 Å². The van der Waals surface area contributed by atoms with Gasteiger partial charge in [-0.2, -0.15) is 5.10 Å². The van der Waals surface area contributed by atoms with Gasteiger partial charge in [0.15, 0.2) is 5.82 Å². The zero-order chi connectivity index (χ0) is 27.9. The van der Waals surface area contributed by atoms with Crippen LogP contribution in [0.15, 0.2) is 78.1 Å². The molecule has 0 spiro atoms. The number of carbonyl (C=O) groups is 2. The van der Waals surface area contributed by atoms with Gasteiger partial charge in [-0.05, 0) is 54.2 Å². The smallest absolute Gasteiger partial charge is 0.257 e. The predicted molar refractivity (Wildman–Crippen MR) is 154 cm³/mol. The van der Waals surface area contributed by atoms with Gasteiger partial charge in [-0.3, -0.25) is 19.1 Å². The van der Waals surface area contributed by atoms with E-state index < -0.39 is 11.8 Å². The first-order chi connectivity index (χ1) is 18.8. The van der Waals surface area contributed by atoms with E-state index in [1.54, 1.807) is 11.6 Å². The molecule has 0 atom stereocenters. The molecule has 2 amide bonds. The maximum atomic E-state index is 13.4. The molecule has 2 aromatic heterocycles. The lowest BCUT2D eigenvalue weighted by Crippen LogP contribution is -2.29. The fourth-order valence-electron chi connectivity index (χ4n) is 4.49. The zero-order valence-electron chi connectivity index (χ0n) is 22.5. The van der Waals surface area contributed by atoms with Crippen molar-refractivity contribution in [3.63, 3.8) is 0 Å². The highest BCUT2D eigenvalue weighted by Crippen LogP contribution is 2.23. The molecule has 4 rings (SSSR count). The molecule has 0 aliphatic carbocycles. The number of nitrogens with zero attached hydrogens (tertiary/aromatic N) is 2. The summed E-state index contributed by atoms with van der Waals surface area (Å²) in [5.74, 6) is -0.763. The number of amides is 2. The number of nitrogens with one attached hydrogen (secondary N) is 3. The number of aromatic amines is 1. The molecule has 0 aliphatic heterocycles. The van der Waals surface area contributed by atoms with Crippen molar-refractivity contribution in [2.24, 2.45) is 0 Å². The molecule has 3 N–H and O–H groups in total. The van der Waals surface area contributed by atoms with E-state index in [1.165, 1.54) is 0 Å². The Morgan fingerprint density at radius 2 is 1.72 bits per heavy atom. The van der Waals surface area contributed by atoms with Crippen LogP contribution in [-0.4, -0.2) is 26.6 Å². The van der Waals surface area contributed by atoms with Crippen LogP contribution in [0.25, 0.3) is 11.1 Å². The summed E-state index contributed by atoms with van der Waals surface area (Å²) in [5.41, 5.74) is 6.10. The van der Waals surface area contributed by atoms with E-state index >= 15 is 0 Å². The van der Waals surface area contributed by atoms with E-state index in [2.05, 4.69) is 39.4 Å². The van der Waals surface area contributed by atoms with Crippen LogP contribution >= 0.6 is 0 Å². The molecule has 39 heavy (non-hydrogen) atoms. The van der Waals surface area contributed by atoms with Gasteiger partial charge in [-0.25, -0.2) is 0 Å². The number of carbonyl (C=O) groups excluding carboxylic acids is 2. The van der Waals surface area contributed by atoms with E-state index in [9.17, 15) is 14.4 Å². The molecule has 0 fully saturated rings. The molecule has 0 unspecified atom stereocenters. The predicted octanol–water partition coefficient (Wildman–Crippen LogP) is 4.77. The lowest BCUT2D eigenvalue weighted by Gasteiger charge is -2.11. The minimum Gasteiger partial charge on any atom is -0.348 e. The Morgan fingerprint density at radius 1 is 1.03 bits per heavy atom. The summed E-state index contributed by atoms with van der Waals surface area (Å²) in [6, 6.07) is 20.2. The van der Waals surface area contributed by atoms with Crippen molar-refractivity contribution in [1.29, 1.82) is 0 Å². The van der Waals surface area contributed by atoms with Gasteiger partial charge in [-0.1, -0.05) is 75.0 Å². The maximum absolute atomic E-state index is 13.4. The van der Waals surface area contributed by atoms with Gasteiger partial charge in [0.1, 0.15) is 5.56 Å². The first-order valence-corrected chi connectivity index (χ1v) is 13.0. The van der Waals surface area contributed by atoms with Crippen LogP contribution in [0.4, 0.5) is 5.82 Å². The number of aromatic nitrogens is 3. The minimum absolute atomic E-state index is 0.0573. The van der Waals surface area contributed by atoms with E-state index in [1.807, 2.05) is 62.4 Å². The number of anilines is 1. The summed E-state index contributed by atoms with van der Waals surface area (Å²) in [7, 11) is 0. The van der Waals surface area contributed by atoms with Gasteiger partial charge >= 0.3 is 0 Å². The molecule has 0 saturated carbocycles. The molecule has 0 radical (unpaired) electrons. The quantitative estimate of drug-likeness (QED) is 0.260. The number of hydrogen-bond acceptors (Lipinski definition) is 4. The standard InChI is InChI=1S/C31H33N5O3/c1-5-22-17-25(6-2)33-30(38)26(22)18-32-31(39)28-20(4)36(35-29(28)34-27(37)7-3)19-21-13-15-24(16-14-21)23-11-9-8-10-12-23/h7-17H,3,5-6,18-19H2,1-2,4H3,(H,32,39)(H,33,38)(H,34,35,37). The Balaban J connectivity index is 1.59. The third kappa shape index (κ3) is 6.23. The molecule has 0 aliphatic rings. The van der Waals surface area contributed by atoms with Crippen molar-refractivity contribution in [1.82, 2.24) is 20.1 Å². The Hall–Kier alpha value is -4.72. The molecular weight excluding hydrogens is 490 g/mol. The van der Waals surface area contributed by atoms with Gasteiger partial charge in [-0.15, -0.1) is 0 Å². The van der Waals surface area contributed by atoms with Gasteiger partial charge < -0.3 is 15.6 Å². The Labute approximate surface area is 227 Å². The SMILES string of the molecule is C=CC(=O)Nc1nn(Cc2ccc(-c3ccccc3)cc2)c(C)c1C(=O)NCc1c(CC)cc(CC)[nH]c1=O. The van der Waals surface area contributed by atoms with Gasteiger partial charge in [0.2, 0.25) is 5.91 Å². The highest BCUT2D eigenvalue weighted by atomic mass is 16.2. The summed E-state index contributed by atoms with van der Waals surface area (Å²) >= 11 is 0. The topological polar surface area (TPSA) is 109 Å². The number of aryl methyl sites for hydroxylation is 2. The number of pyridine rings is 1. The van der Waals surface area contributed by atoms with Crippen LogP contribution in [0.1, 0.15) is 52.3 Å². The lowest BCUT2D eigenvalue weighted by atomic mass is 10.0. The van der Waals surface area contributed by atoms with Crippen molar-refractivity contribution in [3.8, 4) is 11.1 Å². The second-order valence-corrected chi connectivity index (χ2v) is 9.24. The van der Waals surface area contributed by atoms with E-state index in [-0.39, 0.29) is 23.5 Å². The third-order valence-corrected chi connectivity index (χ3v) is 6.73. The first kappa shape index (κ1) is 27.3. The van der Waals surface area contributed by atoms with E-state index in [4.69, 9.17) is 0 Å². The highest BCUT2D eigenvalue weighted by Gasteiger charge is 2.23. The Morgan fingerprint density at radius 3 is 2.36 bits per heavy atom. The average molecular weight is 524 g/mol. The summed E-state index contributed by atoms with van der Waals surface area (Å²) in [6.07, 6.45) is 2.51. The van der Waals surface area contributed by atoms with Crippen molar-refractivity contribution in [2.45, 2.75) is 46.7 Å². The fraction of sp³-hybridized carbons (Fsp3) is 0.226. The molecule has 8 heteroatoms. The van der Waals surface area contributed by atoms with Crippen LogP contribution in [-0.2, 0) is 30.7 Å². The number of hydrogen-bond donors (Lipinski definition) is 3. The number of benzene rings is 2. The summed E-state index contributed by atoms with van der Waals surface area (Å²) in [6.45, 7) is 9.69. The monoisotopic (exact) mass is 523 g/mol. The normalized spacial score (nSPS) is 10.7. The molecule has 4 aromatic rings. The Bertz CT molecular complexity index is 1550. The van der Waals surface area contributed by atoms with E-state index in [0.29, 0.717) is 30.6 Å². The molecule has 2 heterocycles. The van der Waals surface area contributed by atoms with Gasteiger partial charge in [0, 0.05) is 17.8 Å². The molecule has 0 bridgehead atoms. The van der Waals surface area contributed by atoms with Crippen LogP contribution < -0.4 is 16.2 Å². The summed E-state index contributed by atoms with van der Waals surface area (Å²) < 4.78 is 1.69. The molecular formula is C31H33N5O3. The largest absolute Gasteiger partial charge is 0.348 e. The summed E-state index contributed by atoms with van der Waals surface area (Å²) in [5, 5.41) is 10.0. The van der Waals surface area contributed by atoms with E-state index in [0.717, 1.165) is 34.0 Å². The zero-order valence-corrected chi connectivity index (χ0v) is 22.5. The second-order valence-electron chi connectivity index (χ2n) is 9.24. The lowest BCUT2D eigenvalue weighted by molar-refractivity contribution is -0.111. The number of rotatable bonds is 10. The van der Waals surface area contributed by atoms with Gasteiger partial charge in [0.05, 0.1) is 12.2 Å². The first-order valence-electron chi connectivity index (χ1n) is 13.0. The highest BCUT2D eigenvalue weighted by molar-refractivity contribution is 6.06. The van der Waals surface area contributed by atoms with Crippen molar-refractivity contribution in [3.05, 3.63) is 117 Å². The van der Waals surface area contributed by atoms with Crippen molar-refractivity contribution >= 4 is 17.6 Å². The Kier molecular flexibility index (Phi) is 8.56. The van der Waals surface area contributed by atoms with Crippen LogP contribution in [0.2, 0.25) is 0 Å². The van der Waals surface area contributed by atoms with Crippen LogP contribution in [0.3, 0.4) is 0 Å². The minimum atomic E-state index is -0.471. The number of H-pyrrole nitrogens is 1.